The van der Waals surface area contributed by atoms with Gasteiger partial charge in [-0.05, 0) is 88.4 Å². The van der Waals surface area contributed by atoms with Gasteiger partial charge in [0.2, 0.25) is 0 Å². The first kappa shape index (κ1) is 40.0. The molecular formula is C40H66O4. The van der Waals surface area contributed by atoms with Crippen molar-refractivity contribution >= 4 is 0 Å². The summed E-state index contributed by atoms with van der Waals surface area (Å²) in [7, 11) is 0. The van der Waals surface area contributed by atoms with Gasteiger partial charge in [0.1, 0.15) is 0 Å². The molecule has 5 unspecified atom stereocenters. The first-order valence-electron chi connectivity index (χ1n) is 16.7. The zero-order valence-corrected chi connectivity index (χ0v) is 29.9. The van der Waals surface area contributed by atoms with E-state index in [1.807, 2.05) is 39.8 Å². The summed E-state index contributed by atoms with van der Waals surface area (Å²) in [6.07, 6.45) is 27.1. The summed E-state index contributed by atoms with van der Waals surface area (Å²) in [6.45, 7) is 22.7. The molecule has 1 fully saturated rings. The van der Waals surface area contributed by atoms with Crippen LogP contribution in [-0.4, -0.2) is 44.3 Å². The second-order valence-electron chi connectivity index (χ2n) is 15.6. The predicted octanol–water partition coefficient (Wildman–Crippen LogP) is 9.20. The molecule has 0 saturated heterocycles. The van der Waals surface area contributed by atoms with Crippen molar-refractivity contribution in [3.8, 4) is 0 Å². The van der Waals surface area contributed by atoms with E-state index >= 15 is 0 Å². The molecular weight excluding hydrogens is 544 g/mol. The summed E-state index contributed by atoms with van der Waals surface area (Å²) >= 11 is 0. The summed E-state index contributed by atoms with van der Waals surface area (Å²) < 4.78 is 0. The van der Waals surface area contributed by atoms with Crippen LogP contribution >= 0.6 is 0 Å². The van der Waals surface area contributed by atoms with Crippen LogP contribution < -0.4 is 0 Å². The van der Waals surface area contributed by atoms with Crippen molar-refractivity contribution in [3.05, 3.63) is 83.6 Å². The number of allylic oxidation sites excluding steroid dienone is 14. The Morgan fingerprint density at radius 2 is 1.43 bits per heavy atom. The molecule has 0 bridgehead atoms. The first-order chi connectivity index (χ1) is 20.3. The molecule has 1 aliphatic carbocycles. The second-order valence-corrected chi connectivity index (χ2v) is 15.6. The number of rotatable bonds is 15. The fourth-order valence-electron chi connectivity index (χ4n) is 6.93. The maximum absolute atomic E-state index is 11.5. The van der Waals surface area contributed by atoms with E-state index in [2.05, 4.69) is 96.2 Å². The van der Waals surface area contributed by atoms with Crippen LogP contribution in [0.2, 0.25) is 0 Å². The van der Waals surface area contributed by atoms with E-state index in [0.29, 0.717) is 30.6 Å². The number of aliphatic hydroxyl groups excluding tert-OH is 2. The quantitative estimate of drug-likeness (QED) is 0.139. The maximum Gasteiger partial charge on any atom is 0.0982 e. The van der Waals surface area contributed by atoms with Crippen LogP contribution in [0.3, 0.4) is 0 Å². The molecule has 1 saturated carbocycles. The highest BCUT2D eigenvalue weighted by atomic mass is 16.4. The topological polar surface area (TPSA) is 80.9 Å². The van der Waals surface area contributed by atoms with Gasteiger partial charge in [0.25, 0.3) is 0 Å². The third-order valence-corrected chi connectivity index (χ3v) is 9.81. The van der Waals surface area contributed by atoms with Crippen molar-refractivity contribution in [3.63, 3.8) is 0 Å². The predicted molar refractivity (Wildman–Crippen MR) is 189 cm³/mol. The normalized spacial score (nSPS) is 26.2. The van der Waals surface area contributed by atoms with E-state index in [1.54, 1.807) is 6.92 Å². The Labute approximate surface area is 270 Å². The van der Waals surface area contributed by atoms with Crippen LogP contribution in [0.4, 0.5) is 0 Å². The van der Waals surface area contributed by atoms with Gasteiger partial charge in [-0.25, -0.2) is 0 Å². The van der Waals surface area contributed by atoms with Crippen LogP contribution in [-0.2, 0) is 0 Å². The van der Waals surface area contributed by atoms with Crippen LogP contribution in [0, 0.1) is 28.6 Å². The van der Waals surface area contributed by atoms with Crippen LogP contribution in [0.15, 0.2) is 83.6 Å². The Morgan fingerprint density at radius 3 is 1.95 bits per heavy atom. The zero-order valence-electron chi connectivity index (χ0n) is 29.9. The molecule has 0 aliphatic heterocycles. The van der Waals surface area contributed by atoms with Gasteiger partial charge >= 0.3 is 0 Å². The van der Waals surface area contributed by atoms with Gasteiger partial charge in [-0.15, -0.1) is 0 Å². The van der Waals surface area contributed by atoms with Crippen LogP contribution in [0.1, 0.15) is 115 Å². The SMILES string of the molecule is CC(/C=C/C=C/C(C)CC1[C@@H](C)CC(O)CC1(C)C)=C\C=C\C=C(C)\C=C\C=C(/C)CCC(O)(C(C)(C)C)C(C)(O)CCO. The molecule has 1 aliphatic rings. The second kappa shape index (κ2) is 17.6. The minimum Gasteiger partial charge on any atom is -0.396 e. The molecule has 0 amide bonds. The number of hydrogen-bond acceptors (Lipinski definition) is 4. The lowest BCUT2D eigenvalue weighted by atomic mass is 9.61. The molecule has 6 atom stereocenters. The molecule has 4 nitrogen and oxygen atoms in total. The molecule has 0 heterocycles. The molecule has 44 heavy (non-hydrogen) atoms. The van der Waals surface area contributed by atoms with Crippen molar-refractivity contribution < 1.29 is 20.4 Å². The Hall–Kier alpha value is -1.98. The van der Waals surface area contributed by atoms with E-state index in [1.165, 1.54) is 5.57 Å². The minimum absolute atomic E-state index is 0.133. The molecule has 0 aromatic heterocycles. The summed E-state index contributed by atoms with van der Waals surface area (Å²) in [5, 5.41) is 42.0. The third kappa shape index (κ3) is 12.8. The first-order valence-corrected chi connectivity index (χ1v) is 16.7. The van der Waals surface area contributed by atoms with Crippen molar-refractivity contribution in [1.29, 1.82) is 0 Å². The summed E-state index contributed by atoms with van der Waals surface area (Å²) in [4.78, 5) is 0. The maximum atomic E-state index is 11.5. The lowest BCUT2D eigenvalue weighted by Gasteiger charge is -2.50. The molecule has 1 rings (SSSR count). The summed E-state index contributed by atoms with van der Waals surface area (Å²) in [5.41, 5.74) is 0.375. The van der Waals surface area contributed by atoms with Gasteiger partial charge in [0.05, 0.1) is 17.3 Å². The monoisotopic (exact) mass is 610 g/mol. The average molecular weight is 611 g/mol. The number of aliphatic hydroxyl groups is 4. The van der Waals surface area contributed by atoms with E-state index in [9.17, 15) is 20.4 Å². The standard InChI is InChI=1S/C40H66O4/c1-30(18-14-15-20-33(4)27-36-34(5)28-35(42)29-38(36,9)10)17-12-13-19-31(2)21-16-22-32(3)23-24-40(44,37(6,7)8)39(11,43)25-26-41/h12-22,33-36,41-44H,23-29H2,1-11H3/b13-12+,18-14+,20-15+,21-16+,30-17+,31-19+,32-22+/t33?,34-,35?,36?,39?,40?/m0/s1. The lowest BCUT2D eigenvalue weighted by molar-refractivity contribution is -0.204. The molecule has 0 radical (unpaired) electrons. The molecule has 0 aromatic rings. The van der Waals surface area contributed by atoms with Crippen molar-refractivity contribution in [2.24, 2.45) is 28.6 Å². The van der Waals surface area contributed by atoms with E-state index < -0.39 is 16.6 Å². The molecule has 4 N–H and O–H groups in total. The average Bonchev–Trinajstić information content (AvgIpc) is 2.88. The van der Waals surface area contributed by atoms with Crippen molar-refractivity contribution in [1.82, 2.24) is 0 Å². The lowest BCUT2D eigenvalue weighted by Crippen LogP contribution is -2.60. The molecule has 250 valence electrons. The van der Waals surface area contributed by atoms with Crippen LogP contribution in [0.5, 0.6) is 0 Å². The van der Waals surface area contributed by atoms with E-state index in [0.717, 1.165) is 30.4 Å². The molecule has 0 spiro atoms. The fourth-order valence-corrected chi connectivity index (χ4v) is 6.93. The smallest absolute Gasteiger partial charge is 0.0982 e. The van der Waals surface area contributed by atoms with E-state index in [-0.39, 0.29) is 24.5 Å². The van der Waals surface area contributed by atoms with Crippen LogP contribution in [0.25, 0.3) is 0 Å². The highest BCUT2D eigenvalue weighted by molar-refractivity contribution is 5.29. The van der Waals surface area contributed by atoms with Gasteiger partial charge in [0.15, 0.2) is 0 Å². The largest absolute Gasteiger partial charge is 0.396 e. The van der Waals surface area contributed by atoms with Crippen molar-refractivity contribution in [2.45, 2.75) is 132 Å². The van der Waals surface area contributed by atoms with Gasteiger partial charge in [-0.1, -0.05) is 132 Å². The Bertz CT molecular complexity index is 1090. The van der Waals surface area contributed by atoms with E-state index in [4.69, 9.17) is 0 Å². The van der Waals surface area contributed by atoms with Gasteiger partial charge in [-0.3, -0.25) is 0 Å². The Kier molecular flexibility index (Phi) is 16.1. The highest BCUT2D eigenvalue weighted by Gasteiger charge is 2.52. The highest BCUT2D eigenvalue weighted by Crippen LogP contribution is 2.47. The fraction of sp³-hybridized carbons (Fsp3) is 0.650. The van der Waals surface area contributed by atoms with Gasteiger partial charge in [0, 0.05) is 13.0 Å². The summed E-state index contributed by atoms with van der Waals surface area (Å²) in [5.74, 6) is 1.69. The Balaban J connectivity index is 2.63. The third-order valence-electron chi connectivity index (χ3n) is 9.81. The molecule has 4 heteroatoms. The van der Waals surface area contributed by atoms with Gasteiger partial charge < -0.3 is 20.4 Å². The zero-order chi connectivity index (χ0) is 33.8. The molecule has 0 aromatic carbocycles. The summed E-state index contributed by atoms with van der Waals surface area (Å²) in [6, 6.07) is 0. The van der Waals surface area contributed by atoms with Crippen molar-refractivity contribution in [2.75, 3.05) is 6.61 Å². The minimum atomic E-state index is -1.38. The number of hydrogen-bond donors (Lipinski definition) is 4. The Morgan fingerprint density at radius 1 is 0.864 bits per heavy atom. The van der Waals surface area contributed by atoms with Gasteiger partial charge in [-0.2, -0.15) is 0 Å².